The first-order chi connectivity index (χ1) is 8.10. The van der Waals surface area contributed by atoms with E-state index in [1.54, 1.807) is 0 Å². The van der Waals surface area contributed by atoms with Crippen LogP contribution in [0.5, 0.6) is 0 Å². The fourth-order valence-electron chi connectivity index (χ4n) is 2.33. The van der Waals surface area contributed by atoms with E-state index in [1.165, 1.54) is 6.42 Å². The van der Waals surface area contributed by atoms with E-state index >= 15 is 0 Å². The number of pyridine rings is 1. The van der Waals surface area contributed by atoms with Crippen LogP contribution in [0.15, 0.2) is 12.1 Å². The van der Waals surface area contributed by atoms with Gasteiger partial charge in [-0.05, 0) is 45.1 Å². The van der Waals surface area contributed by atoms with E-state index in [0.717, 1.165) is 30.2 Å². The Kier molecular flexibility index (Phi) is 3.89. The number of aromatic nitrogens is 1. The van der Waals surface area contributed by atoms with Crippen LogP contribution >= 0.6 is 11.6 Å². The molecular weight excluding hydrogens is 234 g/mol. The molecule has 1 saturated heterocycles. The molecule has 0 spiro atoms. The second-order valence-electron chi connectivity index (χ2n) is 4.96. The highest BCUT2D eigenvalue weighted by Gasteiger charge is 2.24. The van der Waals surface area contributed by atoms with E-state index in [4.69, 9.17) is 11.6 Å². The Labute approximate surface area is 108 Å². The summed E-state index contributed by atoms with van der Waals surface area (Å²) in [5.74, 6) is 1.63. The summed E-state index contributed by atoms with van der Waals surface area (Å²) < 4.78 is 0. The molecule has 2 rings (SSSR count). The van der Waals surface area contributed by atoms with Crippen LogP contribution in [0.2, 0.25) is 0 Å². The molecule has 1 fully saturated rings. The fraction of sp³-hybridized carbons (Fsp3) is 0.615. The van der Waals surface area contributed by atoms with Crippen LogP contribution in [0.3, 0.4) is 0 Å². The molecule has 0 radical (unpaired) electrons. The van der Waals surface area contributed by atoms with E-state index in [2.05, 4.69) is 41.0 Å². The summed E-state index contributed by atoms with van der Waals surface area (Å²) in [6, 6.07) is 4.80. The lowest BCUT2D eigenvalue weighted by atomic mass is 10.2. The number of anilines is 1. The van der Waals surface area contributed by atoms with Crippen LogP contribution in [-0.2, 0) is 5.88 Å². The minimum atomic E-state index is 0.557. The van der Waals surface area contributed by atoms with Gasteiger partial charge in [-0.1, -0.05) is 0 Å². The number of hydrogen-bond acceptors (Lipinski definition) is 3. The summed E-state index contributed by atoms with van der Waals surface area (Å²) in [5.41, 5.74) is 2.20. The molecule has 0 amide bonds. The van der Waals surface area contributed by atoms with Gasteiger partial charge in [-0.3, -0.25) is 0 Å². The van der Waals surface area contributed by atoms with Crippen molar-refractivity contribution >= 4 is 17.4 Å². The number of halogens is 1. The monoisotopic (exact) mass is 253 g/mol. The fourth-order valence-corrected chi connectivity index (χ4v) is 2.49. The highest BCUT2D eigenvalue weighted by atomic mass is 35.5. The molecule has 1 aromatic heterocycles. The third-order valence-corrected chi connectivity index (χ3v) is 3.68. The molecule has 2 heterocycles. The minimum absolute atomic E-state index is 0.557. The van der Waals surface area contributed by atoms with Crippen molar-refractivity contribution < 1.29 is 0 Å². The normalized spacial score (nSPS) is 20.3. The quantitative estimate of drug-likeness (QED) is 0.771. The lowest BCUT2D eigenvalue weighted by Crippen LogP contribution is -2.31. The maximum Gasteiger partial charge on any atom is 0.129 e. The molecule has 1 aliphatic rings. The van der Waals surface area contributed by atoms with Gasteiger partial charge < -0.3 is 9.80 Å². The van der Waals surface area contributed by atoms with Crippen molar-refractivity contribution in [2.24, 2.45) is 0 Å². The Morgan fingerprint density at radius 1 is 1.47 bits per heavy atom. The average Bonchev–Trinajstić information content (AvgIpc) is 2.77. The highest BCUT2D eigenvalue weighted by Crippen LogP contribution is 2.22. The van der Waals surface area contributed by atoms with Gasteiger partial charge in [0.25, 0.3) is 0 Å². The smallest absolute Gasteiger partial charge is 0.129 e. The van der Waals surface area contributed by atoms with Gasteiger partial charge in [0.1, 0.15) is 5.82 Å². The second kappa shape index (κ2) is 5.23. The Bertz CT molecular complexity index is 392. The molecule has 0 aliphatic carbocycles. The molecule has 4 heteroatoms. The number of aryl methyl sites for hydroxylation is 1. The van der Waals surface area contributed by atoms with Crippen molar-refractivity contribution in [2.45, 2.75) is 25.3 Å². The molecule has 1 unspecified atom stereocenters. The van der Waals surface area contributed by atoms with Crippen molar-refractivity contribution in [3.05, 3.63) is 23.4 Å². The second-order valence-corrected chi connectivity index (χ2v) is 5.23. The van der Waals surface area contributed by atoms with Crippen LogP contribution in [0.1, 0.15) is 17.7 Å². The Balaban J connectivity index is 2.15. The first-order valence-electron chi connectivity index (χ1n) is 6.05. The predicted molar refractivity (Wildman–Crippen MR) is 72.8 cm³/mol. The lowest BCUT2D eigenvalue weighted by molar-refractivity contribution is 0.315. The maximum absolute atomic E-state index is 5.90. The van der Waals surface area contributed by atoms with E-state index in [0.29, 0.717) is 11.9 Å². The largest absolute Gasteiger partial charge is 0.355 e. The number of hydrogen-bond donors (Lipinski definition) is 0. The Morgan fingerprint density at radius 2 is 2.24 bits per heavy atom. The molecular formula is C13H20ClN3. The van der Waals surface area contributed by atoms with Crippen molar-refractivity contribution in [1.29, 1.82) is 0 Å². The third-order valence-electron chi connectivity index (χ3n) is 3.37. The standard InChI is InChI=1S/C13H20ClN3/c1-10-6-11(8-14)7-13(15-10)17-5-4-12(9-17)16(2)3/h6-7,12H,4-5,8-9H2,1-3H3. The van der Waals surface area contributed by atoms with Gasteiger partial charge in [0, 0.05) is 30.7 Å². The van der Waals surface area contributed by atoms with Gasteiger partial charge in [-0.2, -0.15) is 0 Å². The van der Waals surface area contributed by atoms with E-state index in [9.17, 15) is 0 Å². The predicted octanol–water partition coefficient (Wildman–Crippen LogP) is 2.27. The van der Waals surface area contributed by atoms with E-state index < -0.39 is 0 Å². The van der Waals surface area contributed by atoms with E-state index in [1.807, 2.05) is 6.92 Å². The van der Waals surface area contributed by atoms with Crippen LogP contribution < -0.4 is 4.90 Å². The summed E-state index contributed by atoms with van der Waals surface area (Å²) in [5, 5.41) is 0. The van der Waals surface area contributed by atoms with Crippen molar-refractivity contribution in [3.63, 3.8) is 0 Å². The summed E-state index contributed by atoms with van der Waals surface area (Å²) in [4.78, 5) is 9.25. The number of nitrogens with zero attached hydrogens (tertiary/aromatic N) is 3. The Morgan fingerprint density at radius 3 is 2.82 bits per heavy atom. The van der Waals surface area contributed by atoms with Crippen molar-refractivity contribution in [1.82, 2.24) is 9.88 Å². The first kappa shape index (κ1) is 12.7. The van der Waals surface area contributed by atoms with Crippen LogP contribution in [0, 0.1) is 6.92 Å². The average molecular weight is 254 g/mol. The third kappa shape index (κ3) is 2.90. The van der Waals surface area contributed by atoms with Gasteiger partial charge in [0.05, 0.1) is 0 Å². The van der Waals surface area contributed by atoms with Gasteiger partial charge in [-0.15, -0.1) is 11.6 Å². The van der Waals surface area contributed by atoms with Crippen LogP contribution in [-0.4, -0.2) is 43.1 Å². The topological polar surface area (TPSA) is 19.4 Å². The number of alkyl halides is 1. The molecule has 1 atom stereocenters. The maximum atomic E-state index is 5.90. The Hall–Kier alpha value is -0.800. The molecule has 1 aromatic rings. The molecule has 17 heavy (non-hydrogen) atoms. The summed E-state index contributed by atoms with van der Waals surface area (Å²) in [7, 11) is 4.28. The van der Waals surface area contributed by atoms with Gasteiger partial charge in [0.2, 0.25) is 0 Å². The molecule has 94 valence electrons. The van der Waals surface area contributed by atoms with Crippen molar-refractivity contribution in [2.75, 3.05) is 32.1 Å². The molecule has 3 nitrogen and oxygen atoms in total. The number of likely N-dealkylation sites (N-methyl/N-ethyl adjacent to an activating group) is 1. The lowest BCUT2D eigenvalue weighted by Gasteiger charge is -2.21. The molecule has 1 aliphatic heterocycles. The molecule has 0 aromatic carbocycles. The summed E-state index contributed by atoms with van der Waals surface area (Å²) in [6.45, 7) is 4.17. The van der Waals surface area contributed by atoms with Gasteiger partial charge in [-0.25, -0.2) is 4.98 Å². The first-order valence-corrected chi connectivity index (χ1v) is 6.58. The zero-order valence-electron chi connectivity index (χ0n) is 10.8. The zero-order valence-corrected chi connectivity index (χ0v) is 11.5. The zero-order chi connectivity index (χ0) is 12.4. The summed E-state index contributed by atoms with van der Waals surface area (Å²) >= 11 is 5.90. The van der Waals surface area contributed by atoms with Crippen molar-refractivity contribution in [3.8, 4) is 0 Å². The summed E-state index contributed by atoms with van der Waals surface area (Å²) in [6.07, 6.45) is 1.21. The van der Waals surface area contributed by atoms with Crippen LogP contribution in [0.4, 0.5) is 5.82 Å². The highest BCUT2D eigenvalue weighted by molar-refractivity contribution is 6.17. The number of rotatable bonds is 3. The van der Waals surface area contributed by atoms with E-state index in [-0.39, 0.29) is 0 Å². The molecule has 0 bridgehead atoms. The van der Waals surface area contributed by atoms with Gasteiger partial charge >= 0.3 is 0 Å². The van der Waals surface area contributed by atoms with Crippen LogP contribution in [0.25, 0.3) is 0 Å². The molecule has 0 N–H and O–H groups in total. The minimum Gasteiger partial charge on any atom is -0.355 e. The SMILES string of the molecule is Cc1cc(CCl)cc(N2CCC(N(C)C)C2)n1. The van der Waals surface area contributed by atoms with Gasteiger partial charge in [0.15, 0.2) is 0 Å². The molecule has 0 saturated carbocycles.